The van der Waals surface area contributed by atoms with E-state index in [0.29, 0.717) is 0 Å². The zero-order chi connectivity index (χ0) is 8.97. The van der Waals surface area contributed by atoms with Gasteiger partial charge in [0.25, 0.3) is 0 Å². The van der Waals surface area contributed by atoms with Crippen molar-refractivity contribution in [1.29, 1.82) is 0 Å². The van der Waals surface area contributed by atoms with Crippen molar-refractivity contribution in [3.05, 3.63) is 23.2 Å². The summed E-state index contributed by atoms with van der Waals surface area (Å²) in [6.07, 6.45) is 6.23. The lowest BCUT2D eigenvalue weighted by molar-refractivity contribution is 0.319. The third-order valence-electron chi connectivity index (χ3n) is 1.98. The van der Waals surface area contributed by atoms with Crippen LogP contribution in [0.4, 0.5) is 0 Å². The van der Waals surface area contributed by atoms with E-state index in [2.05, 4.69) is 41.7 Å². The first-order valence-corrected chi connectivity index (χ1v) is 5.44. The number of oxime groups is 1. The van der Waals surface area contributed by atoms with E-state index < -0.39 is 0 Å². The fourth-order valence-corrected chi connectivity index (χ4v) is 1.80. The van der Waals surface area contributed by atoms with Crippen molar-refractivity contribution >= 4 is 36.1 Å². The Balaban J connectivity index is 2.77. The largest absolute Gasteiger partial charge is 0.411 e. The highest BCUT2D eigenvalue weighted by Crippen LogP contribution is 2.18. The lowest BCUT2D eigenvalue weighted by atomic mass is 9.85. The third kappa shape index (κ3) is 2.37. The molecule has 1 N–H and O–H groups in total. The van der Waals surface area contributed by atoms with Gasteiger partial charge in [-0.3, -0.25) is 0 Å². The summed E-state index contributed by atoms with van der Waals surface area (Å²) in [6, 6.07) is 0. The van der Waals surface area contributed by atoms with Crippen molar-refractivity contribution in [2.24, 2.45) is 5.16 Å². The summed E-state index contributed by atoms with van der Waals surface area (Å²) in [6.45, 7) is 0. The van der Waals surface area contributed by atoms with Gasteiger partial charge in [-0.15, -0.1) is 5.47 Å². The second kappa shape index (κ2) is 4.69. The highest BCUT2D eigenvalue weighted by atomic mass is 127. The average molecular weight is 275 g/mol. The van der Waals surface area contributed by atoms with E-state index in [0.717, 1.165) is 28.6 Å². The minimum atomic E-state index is 0.771. The van der Waals surface area contributed by atoms with E-state index in [9.17, 15) is 0 Å². The van der Waals surface area contributed by atoms with Gasteiger partial charge >= 0.3 is 0 Å². The lowest BCUT2D eigenvalue weighted by Gasteiger charge is -2.11. The predicted molar refractivity (Wildman–Crippen MR) is 62.1 cm³/mol. The molecule has 1 rings (SSSR count). The average Bonchev–Trinajstić information content (AvgIpc) is 2.10. The topological polar surface area (TPSA) is 32.6 Å². The van der Waals surface area contributed by atoms with E-state index in [1.54, 1.807) is 0 Å². The number of nitrogens with zero attached hydrogens (tertiary/aromatic N) is 1. The number of halogens is 1. The Morgan fingerprint density at radius 3 is 2.75 bits per heavy atom. The van der Waals surface area contributed by atoms with Gasteiger partial charge in [0.2, 0.25) is 0 Å². The molecule has 0 heterocycles. The molecule has 0 aromatic carbocycles. The van der Waals surface area contributed by atoms with Crippen LogP contribution in [0.1, 0.15) is 12.8 Å². The van der Waals surface area contributed by atoms with Crippen LogP contribution in [0.25, 0.3) is 0 Å². The van der Waals surface area contributed by atoms with Crippen LogP contribution in [0.2, 0.25) is 0 Å². The molecule has 0 saturated carbocycles. The van der Waals surface area contributed by atoms with Crippen molar-refractivity contribution in [3.8, 4) is 0 Å². The Bertz CT molecular complexity index is 258. The van der Waals surface area contributed by atoms with E-state index in [1.807, 2.05) is 6.08 Å². The fourth-order valence-electron chi connectivity index (χ4n) is 1.16. The van der Waals surface area contributed by atoms with Crippen LogP contribution in [0.15, 0.2) is 28.4 Å². The quantitative estimate of drug-likeness (QED) is 0.203. The first kappa shape index (κ1) is 9.83. The molecular weight excluding hydrogens is 264 g/mol. The van der Waals surface area contributed by atoms with Gasteiger partial charge in [-0.05, 0) is 18.4 Å². The SMILES string of the molecule is BC1=CC=C(/C(CI)=N\O)CC1. The number of hydrogen-bond acceptors (Lipinski definition) is 2. The molecule has 1 aliphatic rings. The zero-order valence-electron chi connectivity index (χ0n) is 7.05. The normalized spacial score (nSPS) is 18.6. The van der Waals surface area contributed by atoms with Crippen molar-refractivity contribution in [2.75, 3.05) is 4.43 Å². The maximum absolute atomic E-state index is 8.67. The summed E-state index contributed by atoms with van der Waals surface area (Å²) in [4.78, 5) is 0. The molecule has 0 atom stereocenters. The van der Waals surface area contributed by atoms with Crippen LogP contribution in [0.5, 0.6) is 0 Å². The standard InChI is InChI=1S/C8H11BINO/c9-7-3-1-6(2-4-7)8(5-10)11-12/h1,3,12H,2,4-5,9H2/b11-8-. The van der Waals surface area contributed by atoms with E-state index in [-0.39, 0.29) is 0 Å². The Morgan fingerprint density at radius 1 is 1.58 bits per heavy atom. The summed E-state index contributed by atoms with van der Waals surface area (Å²) in [7, 11) is 2.12. The predicted octanol–water partition coefficient (Wildman–Crippen LogP) is 1.49. The van der Waals surface area contributed by atoms with Crippen LogP contribution in [0.3, 0.4) is 0 Å². The summed E-state index contributed by atoms with van der Waals surface area (Å²) >= 11 is 2.20. The molecule has 0 unspecified atom stereocenters. The molecule has 12 heavy (non-hydrogen) atoms. The van der Waals surface area contributed by atoms with Gasteiger partial charge in [0.15, 0.2) is 0 Å². The maximum Gasteiger partial charge on any atom is 0.133 e. The van der Waals surface area contributed by atoms with Crippen LogP contribution >= 0.6 is 22.6 Å². The van der Waals surface area contributed by atoms with Crippen LogP contribution in [-0.4, -0.2) is 23.2 Å². The molecule has 0 saturated heterocycles. The van der Waals surface area contributed by atoms with Gasteiger partial charge in [-0.2, -0.15) is 0 Å². The molecule has 1 aliphatic carbocycles. The summed E-state index contributed by atoms with van der Waals surface area (Å²) < 4.78 is 0.771. The van der Waals surface area contributed by atoms with Gasteiger partial charge in [0.05, 0.1) is 5.71 Å². The smallest absolute Gasteiger partial charge is 0.133 e. The Labute approximate surface area is 87.0 Å². The molecule has 0 aromatic rings. The van der Waals surface area contributed by atoms with Crippen molar-refractivity contribution in [2.45, 2.75) is 12.8 Å². The maximum atomic E-state index is 8.67. The molecule has 0 aromatic heterocycles. The van der Waals surface area contributed by atoms with E-state index in [1.165, 1.54) is 5.47 Å². The first-order valence-electron chi connectivity index (χ1n) is 3.91. The molecule has 4 heteroatoms. The van der Waals surface area contributed by atoms with Gasteiger partial charge in [0, 0.05) is 4.43 Å². The Morgan fingerprint density at radius 2 is 2.33 bits per heavy atom. The molecule has 0 amide bonds. The molecule has 0 bridgehead atoms. The molecule has 0 aliphatic heterocycles. The van der Waals surface area contributed by atoms with Crippen LogP contribution in [-0.2, 0) is 0 Å². The van der Waals surface area contributed by atoms with Crippen LogP contribution in [0, 0.1) is 0 Å². The van der Waals surface area contributed by atoms with Crippen molar-refractivity contribution < 1.29 is 5.21 Å². The highest BCUT2D eigenvalue weighted by molar-refractivity contribution is 14.1. The van der Waals surface area contributed by atoms with Gasteiger partial charge < -0.3 is 5.21 Å². The molecule has 0 radical (unpaired) electrons. The monoisotopic (exact) mass is 275 g/mol. The zero-order valence-corrected chi connectivity index (χ0v) is 9.21. The third-order valence-corrected chi connectivity index (χ3v) is 2.70. The number of rotatable bonds is 2. The molecule has 2 nitrogen and oxygen atoms in total. The Hall–Kier alpha value is -0.255. The molecule has 64 valence electrons. The number of alkyl halides is 1. The second-order valence-corrected chi connectivity index (χ2v) is 3.65. The van der Waals surface area contributed by atoms with Gasteiger partial charge in [-0.1, -0.05) is 39.9 Å². The number of hydrogen-bond donors (Lipinski definition) is 1. The fraction of sp³-hybridized carbons (Fsp3) is 0.375. The highest BCUT2D eigenvalue weighted by Gasteiger charge is 2.08. The van der Waals surface area contributed by atoms with E-state index in [4.69, 9.17) is 5.21 Å². The minimum Gasteiger partial charge on any atom is -0.411 e. The van der Waals surface area contributed by atoms with Gasteiger partial charge in [0.1, 0.15) is 7.85 Å². The minimum absolute atomic E-state index is 0.771. The molecular formula is C8H11BINO. The molecule has 0 fully saturated rings. The van der Waals surface area contributed by atoms with E-state index >= 15 is 0 Å². The first-order chi connectivity index (χ1) is 5.77. The second-order valence-electron chi connectivity index (χ2n) is 2.89. The summed E-state index contributed by atoms with van der Waals surface area (Å²) in [5.41, 5.74) is 3.36. The summed E-state index contributed by atoms with van der Waals surface area (Å²) in [5.74, 6) is 0. The van der Waals surface area contributed by atoms with Gasteiger partial charge in [-0.25, -0.2) is 0 Å². The summed E-state index contributed by atoms with van der Waals surface area (Å²) in [5, 5.41) is 11.9. The van der Waals surface area contributed by atoms with Crippen LogP contribution < -0.4 is 0 Å². The number of allylic oxidation sites excluding steroid dienone is 4. The Kier molecular flexibility index (Phi) is 3.84. The lowest BCUT2D eigenvalue weighted by Crippen LogP contribution is -2.07. The molecule has 0 spiro atoms. The van der Waals surface area contributed by atoms with Crippen molar-refractivity contribution in [1.82, 2.24) is 0 Å². The van der Waals surface area contributed by atoms with Crippen molar-refractivity contribution in [3.63, 3.8) is 0 Å².